The lowest BCUT2D eigenvalue weighted by Crippen LogP contribution is -2.24. The van der Waals surface area contributed by atoms with Gasteiger partial charge in [-0.25, -0.2) is 4.39 Å². The molecule has 0 spiro atoms. The van der Waals surface area contributed by atoms with Crippen LogP contribution in [0.25, 0.3) is 0 Å². The molecule has 4 heteroatoms. The molecule has 2 aromatic carbocycles. The predicted octanol–water partition coefficient (Wildman–Crippen LogP) is 5.22. The summed E-state index contributed by atoms with van der Waals surface area (Å²) in [5.74, 6) is -0.314. The van der Waals surface area contributed by atoms with E-state index < -0.39 is 0 Å². The van der Waals surface area contributed by atoms with Gasteiger partial charge in [-0.1, -0.05) is 48.3 Å². The first kappa shape index (κ1) is 15.3. The Morgan fingerprint density at radius 2 is 1.90 bits per heavy atom. The molecule has 0 aliphatic rings. The van der Waals surface area contributed by atoms with Crippen molar-refractivity contribution in [2.45, 2.75) is 19.4 Å². The van der Waals surface area contributed by atoms with Crippen molar-refractivity contribution in [2.75, 3.05) is 6.54 Å². The quantitative estimate of drug-likeness (QED) is 0.798. The van der Waals surface area contributed by atoms with E-state index >= 15 is 0 Å². The maximum Gasteiger partial charge on any atom is 0.129 e. The molecule has 2 aromatic rings. The van der Waals surface area contributed by atoms with Crippen LogP contribution in [-0.2, 0) is 0 Å². The van der Waals surface area contributed by atoms with Crippen molar-refractivity contribution in [3.63, 3.8) is 0 Å². The zero-order valence-electron chi connectivity index (χ0n) is 11.2. The topological polar surface area (TPSA) is 12.0 Å². The second kappa shape index (κ2) is 7.07. The van der Waals surface area contributed by atoms with Gasteiger partial charge in [0.05, 0.1) is 6.04 Å². The summed E-state index contributed by atoms with van der Waals surface area (Å²) in [5.41, 5.74) is 1.36. The second-order valence-electron chi connectivity index (χ2n) is 4.58. The molecule has 2 rings (SSSR count). The molecule has 1 N–H and O–H groups in total. The minimum absolute atomic E-state index is 0.303. The molecule has 1 unspecified atom stereocenters. The Hall–Kier alpha value is -1.09. The van der Waals surface area contributed by atoms with Gasteiger partial charge in [0.1, 0.15) is 5.82 Å². The summed E-state index contributed by atoms with van der Waals surface area (Å²) in [7, 11) is 0. The van der Waals surface area contributed by atoms with Crippen molar-refractivity contribution in [1.29, 1.82) is 0 Å². The highest BCUT2D eigenvalue weighted by Gasteiger charge is 2.20. The molecule has 0 aliphatic carbocycles. The molecule has 106 valence electrons. The molecule has 0 heterocycles. The highest BCUT2D eigenvalue weighted by molar-refractivity contribution is 6.31. The molecule has 1 nitrogen and oxygen atoms in total. The standard InChI is InChI=1S/C16H16Cl2FN/c1-2-9-20-16(11-5-3-6-12(17)10-11)15-13(18)7-4-8-14(15)19/h3-8,10,16,20H,2,9H2,1H3. The number of hydrogen-bond acceptors (Lipinski definition) is 1. The molecule has 0 saturated heterocycles. The van der Waals surface area contributed by atoms with Crippen molar-refractivity contribution in [1.82, 2.24) is 5.32 Å². The third-order valence-corrected chi connectivity index (χ3v) is 3.63. The average molecular weight is 312 g/mol. The highest BCUT2D eigenvalue weighted by atomic mass is 35.5. The fourth-order valence-corrected chi connectivity index (χ4v) is 2.62. The predicted molar refractivity (Wildman–Crippen MR) is 83.0 cm³/mol. The first-order chi connectivity index (χ1) is 9.63. The second-order valence-corrected chi connectivity index (χ2v) is 5.42. The van der Waals surface area contributed by atoms with Crippen molar-refractivity contribution in [3.8, 4) is 0 Å². The van der Waals surface area contributed by atoms with Crippen LogP contribution in [-0.4, -0.2) is 6.54 Å². The number of rotatable bonds is 5. The first-order valence-corrected chi connectivity index (χ1v) is 7.31. The Morgan fingerprint density at radius 3 is 2.55 bits per heavy atom. The van der Waals surface area contributed by atoms with Crippen LogP contribution in [0.4, 0.5) is 4.39 Å². The van der Waals surface area contributed by atoms with E-state index in [4.69, 9.17) is 23.2 Å². The Kier molecular flexibility index (Phi) is 5.41. The van der Waals surface area contributed by atoms with E-state index in [0.717, 1.165) is 18.5 Å². The van der Waals surface area contributed by atoms with Crippen LogP contribution in [0.2, 0.25) is 10.0 Å². The molecule has 20 heavy (non-hydrogen) atoms. The molecule has 0 aromatic heterocycles. The first-order valence-electron chi connectivity index (χ1n) is 6.56. The summed E-state index contributed by atoms with van der Waals surface area (Å²) < 4.78 is 14.2. The molecule has 0 bridgehead atoms. The van der Waals surface area contributed by atoms with Crippen LogP contribution in [0.1, 0.15) is 30.5 Å². The summed E-state index contributed by atoms with van der Waals surface area (Å²) in [4.78, 5) is 0. The normalized spacial score (nSPS) is 12.4. The third-order valence-electron chi connectivity index (χ3n) is 3.07. The van der Waals surface area contributed by atoms with Crippen molar-refractivity contribution in [2.24, 2.45) is 0 Å². The summed E-state index contributed by atoms with van der Waals surface area (Å²) >= 11 is 12.2. The number of nitrogens with one attached hydrogen (secondary N) is 1. The Bertz CT molecular complexity index is 566. The monoisotopic (exact) mass is 311 g/mol. The summed E-state index contributed by atoms with van der Waals surface area (Å²) in [6.07, 6.45) is 0.948. The fourth-order valence-electron chi connectivity index (χ4n) is 2.15. The van der Waals surface area contributed by atoms with Crippen molar-refractivity contribution in [3.05, 3.63) is 69.5 Å². The van der Waals surface area contributed by atoms with Crippen LogP contribution >= 0.6 is 23.2 Å². The van der Waals surface area contributed by atoms with Crippen molar-refractivity contribution >= 4 is 23.2 Å². The van der Waals surface area contributed by atoms with Gasteiger partial charge in [0.25, 0.3) is 0 Å². The minimum atomic E-state index is -0.314. The Balaban J connectivity index is 2.47. The number of halogens is 3. The molecule has 0 radical (unpaired) electrons. The minimum Gasteiger partial charge on any atom is -0.306 e. The maximum atomic E-state index is 14.2. The zero-order chi connectivity index (χ0) is 14.5. The average Bonchev–Trinajstić information content (AvgIpc) is 2.42. The molecule has 0 aliphatic heterocycles. The van der Waals surface area contributed by atoms with E-state index in [2.05, 4.69) is 12.2 Å². The van der Waals surface area contributed by atoms with Crippen molar-refractivity contribution < 1.29 is 4.39 Å². The summed E-state index contributed by atoms with van der Waals surface area (Å²) in [6, 6.07) is 11.8. The van der Waals surface area contributed by atoms with Gasteiger partial charge in [0, 0.05) is 15.6 Å². The SMILES string of the molecule is CCCNC(c1cccc(Cl)c1)c1c(F)cccc1Cl. The third kappa shape index (κ3) is 3.51. The van der Waals surface area contributed by atoms with Gasteiger partial charge in [0.2, 0.25) is 0 Å². The lowest BCUT2D eigenvalue weighted by atomic mass is 9.98. The Morgan fingerprint density at radius 1 is 1.15 bits per heavy atom. The smallest absolute Gasteiger partial charge is 0.129 e. The van der Waals surface area contributed by atoms with Crippen LogP contribution < -0.4 is 5.32 Å². The van der Waals surface area contributed by atoms with Crippen LogP contribution in [0, 0.1) is 5.82 Å². The van der Waals surface area contributed by atoms with Crippen LogP contribution in [0.3, 0.4) is 0 Å². The highest BCUT2D eigenvalue weighted by Crippen LogP contribution is 2.31. The molecule has 0 amide bonds. The molecule has 1 atom stereocenters. The number of hydrogen-bond donors (Lipinski definition) is 1. The summed E-state index contributed by atoms with van der Waals surface area (Å²) in [5, 5.41) is 4.37. The van der Waals surface area contributed by atoms with Crippen LogP contribution in [0.5, 0.6) is 0 Å². The van der Waals surface area contributed by atoms with Crippen LogP contribution in [0.15, 0.2) is 42.5 Å². The lowest BCUT2D eigenvalue weighted by molar-refractivity contribution is 0.547. The molecule has 0 saturated carbocycles. The van der Waals surface area contributed by atoms with Gasteiger partial charge >= 0.3 is 0 Å². The van der Waals surface area contributed by atoms with E-state index in [1.165, 1.54) is 6.07 Å². The van der Waals surface area contributed by atoms with E-state index in [1.807, 2.05) is 18.2 Å². The van der Waals surface area contributed by atoms with Gasteiger partial charge in [-0.15, -0.1) is 0 Å². The maximum absolute atomic E-state index is 14.2. The number of benzene rings is 2. The van der Waals surface area contributed by atoms with E-state index in [0.29, 0.717) is 15.6 Å². The van der Waals surface area contributed by atoms with Gasteiger partial charge in [-0.05, 0) is 42.8 Å². The molecular weight excluding hydrogens is 296 g/mol. The van der Waals surface area contributed by atoms with E-state index in [-0.39, 0.29) is 11.9 Å². The van der Waals surface area contributed by atoms with Gasteiger partial charge in [-0.3, -0.25) is 0 Å². The van der Waals surface area contributed by atoms with E-state index in [1.54, 1.807) is 18.2 Å². The molecular formula is C16H16Cl2FN. The fraction of sp³-hybridized carbons (Fsp3) is 0.250. The Labute approximate surface area is 128 Å². The van der Waals surface area contributed by atoms with Gasteiger partial charge in [-0.2, -0.15) is 0 Å². The van der Waals surface area contributed by atoms with Gasteiger partial charge in [0.15, 0.2) is 0 Å². The summed E-state index contributed by atoms with van der Waals surface area (Å²) in [6.45, 7) is 2.83. The largest absolute Gasteiger partial charge is 0.306 e. The van der Waals surface area contributed by atoms with E-state index in [9.17, 15) is 4.39 Å². The lowest BCUT2D eigenvalue weighted by Gasteiger charge is -2.21. The zero-order valence-corrected chi connectivity index (χ0v) is 12.7. The molecule has 0 fully saturated rings. The van der Waals surface area contributed by atoms with Gasteiger partial charge < -0.3 is 5.32 Å².